The maximum atomic E-state index is 12.7. The monoisotopic (exact) mass is 356 g/mol. The largest absolute Gasteiger partial charge is 0.497 e. The number of ether oxygens (including phenoxy) is 2. The van der Waals surface area contributed by atoms with Crippen molar-refractivity contribution >= 4 is 16.7 Å². The summed E-state index contributed by atoms with van der Waals surface area (Å²) in [5.74, 6) is -3.33. The summed E-state index contributed by atoms with van der Waals surface area (Å²) in [7, 11) is 1.48. The van der Waals surface area contributed by atoms with Crippen LogP contribution in [0.25, 0.3) is 10.8 Å². The molecule has 1 atom stereocenters. The maximum absolute atomic E-state index is 12.7. The van der Waals surface area contributed by atoms with Crippen LogP contribution in [0.1, 0.15) is 43.5 Å². The number of esters is 1. The van der Waals surface area contributed by atoms with E-state index < -0.39 is 42.8 Å². The molecule has 0 radical (unpaired) electrons. The quantitative estimate of drug-likeness (QED) is 0.388. The Kier molecular flexibility index (Phi) is 3.40. The molecule has 0 amide bonds. The van der Waals surface area contributed by atoms with Gasteiger partial charge in [0.1, 0.15) is 5.75 Å². The van der Waals surface area contributed by atoms with Crippen LogP contribution >= 0.6 is 0 Å². The minimum absolute atomic E-state index is 0.0431. The second kappa shape index (κ2) is 8.86. The molecular weight excluding hydrogens is 326 g/mol. The van der Waals surface area contributed by atoms with Crippen LogP contribution in [0, 0.1) is 10.1 Å². The highest BCUT2D eigenvalue weighted by Gasteiger charge is 2.17. The first kappa shape index (κ1) is 9.60. The van der Waals surface area contributed by atoms with Crippen LogP contribution in [0.3, 0.4) is 0 Å². The third-order valence-corrected chi connectivity index (χ3v) is 3.22. The Hall–Kier alpha value is -2.83. The summed E-state index contributed by atoms with van der Waals surface area (Å²) in [5, 5.41) is 10.1. The molecule has 134 valence electrons. The first-order valence-corrected chi connectivity index (χ1v) is 6.95. The summed E-state index contributed by atoms with van der Waals surface area (Å²) in [4.78, 5) is 26.8. The number of nitrogens with zero attached hydrogens (tertiary/aromatic N) is 1. The van der Waals surface area contributed by atoms with E-state index in [0.29, 0.717) is 16.5 Å². The van der Waals surface area contributed by atoms with Crippen molar-refractivity contribution in [3.05, 3.63) is 52.1 Å². The average Bonchev–Trinajstić information content (AvgIpc) is 2.71. The summed E-state index contributed by atoms with van der Waals surface area (Å²) < 4.78 is 79.4. The van der Waals surface area contributed by atoms with Crippen molar-refractivity contribution in [2.75, 3.05) is 20.2 Å². The van der Waals surface area contributed by atoms with Crippen molar-refractivity contribution in [1.82, 2.24) is 0 Å². The molecule has 7 nitrogen and oxygen atoms in total. The molecule has 0 fully saturated rings. The van der Waals surface area contributed by atoms with Crippen LogP contribution in [0.15, 0.2) is 36.4 Å². The van der Waals surface area contributed by atoms with Gasteiger partial charge in [-0.25, -0.2) is 0 Å². The fourth-order valence-corrected chi connectivity index (χ4v) is 1.96. The maximum Gasteiger partial charge on any atom is 0.313 e. The fraction of sp³-hybridized carbons (Fsp3) is 0.389. The first-order valence-electron chi connectivity index (χ1n) is 11.5. The lowest BCUT2D eigenvalue weighted by molar-refractivity contribution is -0.757. The van der Waals surface area contributed by atoms with Crippen molar-refractivity contribution in [2.24, 2.45) is 0 Å². The lowest BCUT2D eigenvalue weighted by Crippen LogP contribution is -2.14. The van der Waals surface area contributed by atoms with Crippen LogP contribution in [0.5, 0.6) is 5.75 Å². The van der Waals surface area contributed by atoms with Crippen LogP contribution in [0.2, 0.25) is 0 Å². The highest BCUT2D eigenvalue weighted by Crippen LogP contribution is 2.25. The summed E-state index contributed by atoms with van der Waals surface area (Å²) in [5.41, 5.74) is 0.0431. The molecule has 0 unspecified atom stereocenters. The third-order valence-electron chi connectivity index (χ3n) is 3.22. The molecular formula is C18H21NO6. The molecule has 0 saturated carbocycles. The normalized spacial score (nSPS) is 20.6. The van der Waals surface area contributed by atoms with Gasteiger partial charge in [0.15, 0.2) is 0 Å². The lowest BCUT2D eigenvalue weighted by atomic mass is 9.98. The minimum atomic E-state index is -4.02. The number of hydrogen-bond donors (Lipinski definition) is 0. The van der Waals surface area contributed by atoms with Crippen molar-refractivity contribution in [3.63, 3.8) is 0 Å². The predicted octanol–water partition coefficient (Wildman–Crippen LogP) is 3.48. The fourth-order valence-electron chi connectivity index (χ4n) is 1.96. The molecule has 0 bridgehead atoms. The standard InChI is InChI=1S/C18H21NO6/c1-13(18(20)24-9-3-4-10-25-19(21)22)14-5-6-16-12-17(23-2)8-7-15(16)11-14/h5-8,11-13H,3-4,9-10H2,1-2H3/t13-/m0/s1/i3D2,4D2,9D2,10D2,13D. The van der Waals surface area contributed by atoms with E-state index >= 15 is 0 Å². The van der Waals surface area contributed by atoms with Gasteiger partial charge in [0.25, 0.3) is 5.09 Å². The van der Waals surface area contributed by atoms with Crippen molar-refractivity contribution in [3.8, 4) is 5.75 Å². The third kappa shape index (κ3) is 5.34. The highest BCUT2D eigenvalue weighted by molar-refractivity contribution is 5.86. The number of rotatable bonds is 9. The average molecular weight is 356 g/mol. The van der Waals surface area contributed by atoms with Gasteiger partial charge in [0, 0.05) is 6.85 Å². The van der Waals surface area contributed by atoms with Gasteiger partial charge in [-0.15, -0.1) is 10.1 Å². The van der Waals surface area contributed by atoms with Gasteiger partial charge in [-0.2, -0.15) is 0 Å². The van der Waals surface area contributed by atoms with Gasteiger partial charge in [0.2, 0.25) is 0 Å². The van der Waals surface area contributed by atoms with Crippen LogP contribution in [0.4, 0.5) is 0 Å². The molecule has 0 N–H and O–H groups in total. The van der Waals surface area contributed by atoms with Gasteiger partial charge < -0.3 is 14.3 Å². The smallest absolute Gasteiger partial charge is 0.313 e. The summed E-state index contributed by atoms with van der Waals surface area (Å²) >= 11 is 0. The lowest BCUT2D eigenvalue weighted by Gasteiger charge is -2.13. The van der Waals surface area contributed by atoms with Crippen molar-refractivity contribution < 1.29 is 36.5 Å². The number of hydrogen-bond acceptors (Lipinski definition) is 6. The Morgan fingerprint density at radius 2 is 1.92 bits per heavy atom. The molecule has 0 saturated heterocycles. The number of methoxy groups -OCH3 is 1. The number of carbonyl (C=O) groups excluding carboxylic acids is 1. The van der Waals surface area contributed by atoms with E-state index in [9.17, 15) is 14.9 Å². The van der Waals surface area contributed by atoms with E-state index in [1.165, 1.54) is 19.2 Å². The van der Waals surface area contributed by atoms with E-state index in [4.69, 9.17) is 17.1 Å². The van der Waals surface area contributed by atoms with E-state index in [2.05, 4.69) is 9.57 Å². The Morgan fingerprint density at radius 3 is 2.64 bits per heavy atom. The second-order valence-electron chi connectivity index (χ2n) is 4.71. The van der Waals surface area contributed by atoms with Gasteiger partial charge in [-0.3, -0.25) is 4.79 Å². The molecule has 2 aromatic rings. The molecule has 7 heteroatoms. The zero-order chi connectivity index (χ0) is 26.3. The topological polar surface area (TPSA) is 87.9 Å². The van der Waals surface area contributed by atoms with Crippen LogP contribution < -0.4 is 4.74 Å². The summed E-state index contributed by atoms with van der Waals surface area (Å²) in [6.45, 7) is -6.77. The molecule has 0 aliphatic heterocycles. The van der Waals surface area contributed by atoms with E-state index in [0.717, 1.165) is 6.92 Å². The number of carbonyl (C=O) groups is 1. The van der Waals surface area contributed by atoms with Gasteiger partial charge in [-0.05, 0) is 48.1 Å². The summed E-state index contributed by atoms with van der Waals surface area (Å²) in [6, 6.07) is 9.42. The molecule has 2 rings (SSSR count). The highest BCUT2D eigenvalue weighted by atomic mass is 16.9. The zero-order valence-electron chi connectivity index (χ0n) is 22.4. The molecule has 0 aliphatic carbocycles. The van der Waals surface area contributed by atoms with Gasteiger partial charge in [-0.1, -0.05) is 24.3 Å². The van der Waals surface area contributed by atoms with Crippen LogP contribution in [-0.4, -0.2) is 31.3 Å². The Bertz CT molecular complexity index is 1110. The van der Waals surface area contributed by atoms with Gasteiger partial charge in [0.05, 0.1) is 31.6 Å². The predicted molar refractivity (Wildman–Crippen MR) is 92.1 cm³/mol. The first-order chi connectivity index (χ1) is 15.3. The molecule has 0 aromatic heterocycles. The molecule has 0 aliphatic rings. The van der Waals surface area contributed by atoms with E-state index in [1.807, 2.05) is 0 Å². The Morgan fingerprint density at radius 1 is 1.24 bits per heavy atom. The van der Waals surface area contributed by atoms with E-state index in [1.54, 1.807) is 24.3 Å². The molecule has 2 aromatic carbocycles. The van der Waals surface area contributed by atoms with Crippen molar-refractivity contribution in [2.45, 2.75) is 25.6 Å². The summed E-state index contributed by atoms with van der Waals surface area (Å²) in [6.07, 6.45) is -8.01. The zero-order valence-corrected chi connectivity index (χ0v) is 13.4. The van der Waals surface area contributed by atoms with E-state index in [-0.39, 0.29) is 5.56 Å². The molecule has 0 spiro atoms. The van der Waals surface area contributed by atoms with Crippen molar-refractivity contribution in [1.29, 1.82) is 0 Å². The second-order valence-corrected chi connectivity index (χ2v) is 4.71. The van der Waals surface area contributed by atoms with Crippen LogP contribution in [-0.2, 0) is 14.4 Å². The SMILES string of the molecule is [2H]C([2H])(OC(=O)[C@@]([2H])(C)c1ccc2cc(OC)ccc2c1)C([2H])([2H])C([2H])([2H])C([2H])([2H])O[N+](=O)[O-]. The van der Waals surface area contributed by atoms with Gasteiger partial charge >= 0.3 is 5.97 Å². The minimum Gasteiger partial charge on any atom is -0.497 e. The molecule has 25 heavy (non-hydrogen) atoms. The Balaban J connectivity index is 2.37. The number of fused-ring (bicyclic) bond motifs is 1. The number of benzene rings is 2. The Labute approximate surface area is 158 Å². The molecule has 0 heterocycles.